The largest absolute Gasteiger partial charge is 0.380 e. The molecule has 104 valence electrons. The highest BCUT2D eigenvalue weighted by Crippen LogP contribution is 2.14. The van der Waals surface area contributed by atoms with E-state index in [1.165, 1.54) is 0 Å². The number of benzene rings is 1. The molecule has 5 nitrogen and oxygen atoms in total. The Morgan fingerprint density at radius 1 is 1.19 bits per heavy atom. The first kappa shape index (κ1) is 14.4. The van der Waals surface area contributed by atoms with Gasteiger partial charge in [-0.2, -0.15) is 0 Å². The standard InChI is InChI=1S/C16H15N5/c1-3-6-13-8-5-9-14(11-13)19-21-20-16(17)15-10-4-7-12(2)18-15/h4-5,7-11H,1-2H3,(H2,17,19,20). The quantitative estimate of drug-likeness (QED) is 0.307. The predicted molar refractivity (Wildman–Crippen MR) is 83.2 cm³/mol. The molecule has 5 heteroatoms. The van der Waals surface area contributed by atoms with Crippen molar-refractivity contribution in [1.82, 2.24) is 4.98 Å². The number of aryl methyl sites for hydroxylation is 1. The minimum atomic E-state index is 0.229. The van der Waals surface area contributed by atoms with Crippen molar-refractivity contribution in [2.75, 3.05) is 0 Å². The second-order valence-electron chi connectivity index (χ2n) is 4.26. The summed E-state index contributed by atoms with van der Waals surface area (Å²) in [6, 6.07) is 13.0. The number of aromatic nitrogens is 1. The van der Waals surface area contributed by atoms with Gasteiger partial charge in [0.05, 0.1) is 5.69 Å². The zero-order chi connectivity index (χ0) is 15.1. The molecule has 21 heavy (non-hydrogen) atoms. The van der Waals surface area contributed by atoms with Gasteiger partial charge < -0.3 is 5.73 Å². The molecule has 0 fully saturated rings. The summed E-state index contributed by atoms with van der Waals surface area (Å²) in [5.41, 5.74) is 8.82. The van der Waals surface area contributed by atoms with Crippen molar-refractivity contribution < 1.29 is 0 Å². The number of hydrogen-bond acceptors (Lipinski definition) is 3. The number of hydrogen-bond donors (Lipinski definition) is 1. The summed E-state index contributed by atoms with van der Waals surface area (Å²) in [6.45, 7) is 3.67. The van der Waals surface area contributed by atoms with Crippen molar-refractivity contribution in [1.29, 1.82) is 0 Å². The van der Waals surface area contributed by atoms with Crippen LogP contribution in [0.1, 0.15) is 23.9 Å². The van der Waals surface area contributed by atoms with Gasteiger partial charge in [-0.15, -0.1) is 16.1 Å². The molecule has 0 atom stereocenters. The van der Waals surface area contributed by atoms with Gasteiger partial charge in [0, 0.05) is 11.3 Å². The van der Waals surface area contributed by atoms with Gasteiger partial charge in [-0.1, -0.05) is 18.1 Å². The molecule has 2 N–H and O–H groups in total. The van der Waals surface area contributed by atoms with Gasteiger partial charge in [0.1, 0.15) is 5.69 Å². The van der Waals surface area contributed by atoms with E-state index in [-0.39, 0.29) is 5.84 Å². The Balaban J connectivity index is 2.15. The molecule has 2 aromatic rings. The lowest BCUT2D eigenvalue weighted by atomic mass is 10.2. The SMILES string of the molecule is CC#Cc1cccc(N=N/N=C(\N)c2cccc(C)n2)c1. The van der Waals surface area contributed by atoms with Crippen LogP contribution in [0.5, 0.6) is 0 Å². The van der Waals surface area contributed by atoms with Crippen molar-refractivity contribution in [2.24, 2.45) is 21.2 Å². The van der Waals surface area contributed by atoms with Crippen LogP contribution < -0.4 is 5.73 Å². The molecule has 0 saturated heterocycles. The van der Waals surface area contributed by atoms with Crippen molar-refractivity contribution in [3.8, 4) is 11.8 Å². The van der Waals surface area contributed by atoms with Gasteiger partial charge in [-0.05, 0) is 49.4 Å². The van der Waals surface area contributed by atoms with E-state index >= 15 is 0 Å². The third-order valence-corrected chi connectivity index (χ3v) is 2.58. The average Bonchev–Trinajstić information content (AvgIpc) is 2.48. The minimum Gasteiger partial charge on any atom is -0.380 e. The van der Waals surface area contributed by atoms with Crippen LogP contribution in [0.2, 0.25) is 0 Å². The summed E-state index contributed by atoms with van der Waals surface area (Å²) in [4.78, 5) is 4.26. The molecule has 0 saturated carbocycles. The average molecular weight is 277 g/mol. The number of amidine groups is 1. The maximum atomic E-state index is 5.82. The van der Waals surface area contributed by atoms with E-state index in [0.717, 1.165) is 11.3 Å². The van der Waals surface area contributed by atoms with Crippen molar-refractivity contribution in [2.45, 2.75) is 13.8 Å². The van der Waals surface area contributed by atoms with E-state index in [0.29, 0.717) is 11.4 Å². The molecular weight excluding hydrogens is 262 g/mol. The normalized spacial score (nSPS) is 11.2. The van der Waals surface area contributed by atoms with E-state index in [9.17, 15) is 0 Å². The summed E-state index contributed by atoms with van der Waals surface area (Å²) in [5.74, 6) is 6.02. The molecule has 0 amide bonds. The smallest absolute Gasteiger partial charge is 0.173 e. The molecule has 0 radical (unpaired) electrons. The Hall–Kier alpha value is -3.00. The lowest BCUT2D eigenvalue weighted by Crippen LogP contribution is -2.14. The predicted octanol–water partition coefficient (Wildman–Crippen LogP) is 3.17. The summed E-state index contributed by atoms with van der Waals surface area (Å²) < 4.78 is 0. The molecule has 0 bridgehead atoms. The van der Waals surface area contributed by atoms with Gasteiger partial charge >= 0.3 is 0 Å². The maximum absolute atomic E-state index is 5.82. The Morgan fingerprint density at radius 3 is 2.76 bits per heavy atom. The van der Waals surface area contributed by atoms with Crippen molar-refractivity contribution in [3.05, 3.63) is 59.4 Å². The fraction of sp³-hybridized carbons (Fsp3) is 0.125. The van der Waals surface area contributed by atoms with Crippen molar-refractivity contribution in [3.63, 3.8) is 0 Å². The first-order chi connectivity index (χ1) is 10.2. The minimum absolute atomic E-state index is 0.229. The van der Waals surface area contributed by atoms with Crippen LogP contribution in [0.25, 0.3) is 0 Å². The van der Waals surface area contributed by atoms with Crippen LogP contribution in [-0.4, -0.2) is 10.8 Å². The topological polar surface area (TPSA) is 76.0 Å². The maximum Gasteiger partial charge on any atom is 0.173 e. The Kier molecular flexibility index (Phi) is 4.78. The molecule has 1 aromatic heterocycles. The third-order valence-electron chi connectivity index (χ3n) is 2.58. The van der Waals surface area contributed by atoms with Gasteiger partial charge in [0.2, 0.25) is 0 Å². The number of pyridine rings is 1. The highest BCUT2D eigenvalue weighted by molar-refractivity contribution is 5.95. The highest BCUT2D eigenvalue weighted by Gasteiger charge is 1.99. The highest BCUT2D eigenvalue weighted by atomic mass is 15.4. The number of rotatable bonds is 3. The molecular formula is C16H15N5. The molecule has 0 aliphatic carbocycles. The summed E-state index contributed by atoms with van der Waals surface area (Å²) >= 11 is 0. The second-order valence-corrected chi connectivity index (χ2v) is 4.26. The van der Waals surface area contributed by atoms with Gasteiger partial charge in [-0.3, -0.25) is 0 Å². The monoisotopic (exact) mass is 277 g/mol. The van der Waals surface area contributed by atoms with E-state index in [2.05, 4.69) is 32.3 Å². The van der Waals surface area contributed by atoms with Gasteiger partial charge in [0.15, 0.2) is 5.84 Å². The van der Waals surface area contributed by atoms with Crippen LogP contribution in [0, 0.1) is 18.8 Å². The fourth-order valence-electron chi connectivity index (χ4n) is 1.65. The Bertz CT molecular complexity index is 751. The summed E-state index contributed by atoms with van der Waals surface area (Å²) in [6.07, 6.45) is 0. The van der Waals surface area contributed by atoms with E-state index in [1.807, 2.05) is 43.3 Å². The molecule has 0 aliphatic heterocycles. The lowest BCUT2D eigenvalue weighted by molar-refractivity contribution is 1.04. The summed E-state index contributed by atoms with van der Waals surface area (Å²) in [7, 11) is 0. The molecule has 0 aliphatic rings. The van der Waals surface area contributed by atoms with Gasteiger partial charge in [0.25, 0.3) is 0 Å². The second kappa shape index (κ2) is 6.96. The van der Waals surface area contributed by atoms with Crippen LogP contribution in [0.3, 0.4) is 0 Å². The Morgan fingerprint density at radius 2 is 2.00 bits per heavy atom. The van der Waals surface area contributed by atoms with E-state index in [1.54, 1.807) is 13.0 Å². The first-order valence-corrected chi connectivity index (χ1v) is 6.40. The van der Waals surface area contributed by atoms with E-state index in [4.69, 9.17) is 5.73 Å². The van der Waals surface area contributed by atoms with Crippen LogP contribution in [0.4, 0.5) is 5.69 Å². The van der Waals surface area contributed by atoms with Crippen LogP contribution in [-0.2, 0) is 0 Å². The third kappa shape index (κ3) is 4.25. The summed E-state index contributed by atoms with van der Waals surface area (Å²) in [5, 5.41) is 11.6. The zero-order valence-corrected chi connectivity index (χ0v) is 11.9. The Labute approximate surface area is 123 Å². The lowest BCUT2D eigenvalue weighted by Gasteiger charge is -1.98. The number of nitrogens with zero attached hydrogens (tertiary/aromatic N) is 4. The van der Waals surface area contributed by atoms with Gasteiger partial charge in [-0.25, -0.2) is 4.98 Å². The van der Waals surface area contributed by atoms with E-state index < -0.39 is 0 Å². The molecule has 2 rings (SSSR count). The van der Waals surface area contributed by atoms with Crippen molar-refractivity contribution >= 4 is 11.5 Å². The molecule has 1 heterocycles. The molecule has 1 aromatic carbocycles. The zero-order valence-electron chi connectivity index (χ0n) is 11.9. The van der Waals surface area contributed by atoms with Crippen LogP contribution >= 0.6 is 0 Å². The molecule has 0 spiro atoms. The fourth-order valence-corrected chi connectivity index (χ4v) is 1.65. The first-order valence-electron chi connectivity index (χ1n) is 6.40. The van der Waals surface area contributed by atoms with Crippen LogP contribution in [0.15, 0.2) is 57.9 Å². The molecule has 0 unspecified atom stereocenters. The number of nitrogens with two attached hydrogens (primary N) is 1.